The van der Waals surface area contributed by atoms with Gasteiger partial charge in [0.05, 0.1) is 7.11 Å². The average molecular weight is 417 g/mol. The fourth-order valence-electron chi connectivity index (χ4n) is 4.47. The normalized spacial score (nSPS) is 12.1. The molecule has 160 valence electrons. The summed E-state index contributed by atoms with van der Waals surface area (Å²) in [7, 11) is 1.62. The molecule has 0 unspecified atom stereocenters. The lowest BCUT2D eigenvalue weighted by Gasteiger charge is -2.27. The fourth-order valence-corrected chi connectivity index (χ4v) is 4.47. The molecule has 0 heterocycles. The largest absolute Gasteiger partial charge is 0.508 e. The van der Waals surface area contributed by atoms with Gasteiger partial charge in [0.15, 0.2) is 0 Å². The Hall–Kier alpha value is -3.40. The molecule has 31 heavy (non-hydrogen) atoms. The number of phenolic OH excluding ortho intramolecular Hbond substituents is 3. The van der Waals surface area contributed by atoms with E-state index in [-0.39, 0.29) is 11.5 Å². The van der Waals surface area contributed by atoms with Gasteiger partial charge in [-0.15, -0.1) is 0 Å². The van der Waals surface area contributed by atoms with Crippen molar-refractivity contribution in [3.05, 3.63) is 81.9 Å². The SMILES string of the molecule is COc1cc(O)c(Cc2ccc(O)cc2)c2c1-c1ccc(O)c(CC=C(C)C)c1CC2. The highest BCUT2D eigenvalue weighted by Gasteiger charge is 2.27. The molecule has 1 aliphatic rings. The standard InChI is InChI=1S/C27H28O4/c1-16(2)4-9-20-19-10-11-22-23(14-17-5-7-18(28)8-6-17)25(30)15-26(31-3)27(22)21(19)12-13-24(20)29/h4-8,12-13,15,28-30H,9-11,14H2,1-3H3. The maximum atomic E-state index is 10.8. The number of rotatable bonds is 5. The van der Waals surface area contributed by atoms with Gasteiger partial charge in [0.1, 0.15) is 23.0 Å². The Morgan fingerprint density at radius 2 is 1.61 bits per heavy atom. The van der Waals surface area contributed by atoms with Crippen molar-refractivity contribution < 1.29 is 20.1 Å². The monoisotopic (exact) mass is 416 g/mol. The maximum Gasteiger partial charge on any atom is 0.130 e. The molecule has 4 nitrogen and oxygen atoms in total. The molecular weight excluding hydrogens is 388 g/mol. The van der Waals surface area contributed by atoms with Crippen molar-refractivity contribution in [2.45, 2.75) is 39.5 Å². The summed E-state index contributed by atoms with van der Waals surface area (Å²) in [4.78, 5) is 0. The minimum Gasteiger partial charge on any atom is -0.508 e. The number of hydrogen-bond donors (Lipinski definition) is 3. The Balaban J connectivity index is 1.88. The van der Waals surface area contributed by atoms with Crippen LogP contribution in [-0.2, 0) is 25.7 Å². The first-order chi connectivity index (χ1) is 14.9. The first kappa shape index (κ1) is 20.9. The topological polar surface area (TPSA) is 69.9 Å². The molecule has 3 aromatic carbocycles. The summed E-state index contributed by atoms with van der Waals surface area (Å²) in [6.07, 6.45) is 4.93. The quantitative estimate of drug-likeness (QED) is 0.468. The van der Waals surface area contributed by atoms with Crippen LogP contribution >= 0.6 is 0 Å². The highest BCUT2D eigenvalue weighted by molar-refractivity contribution is 5.83. The first-order valence-corrected chi connectivity index (χ1v) is 10.6. The summed E-state index contributed by atoms with van der Waals surface area (Å²) in [5, 5.41) is 30.9. The van der Waals surface area contributed by atoms with Crippen LogP contribution in [0.4, 0.5) is 0 Å². The highest BCUT2D eigenvalue weighted by atomic mass is 16.5. The van der Waals surface area contributed by atoms with E-state index >= 15 is 0 Å². The molecule has 0 fully saturated rings. The zero-order valence-corrected chi connectivity index (χ0v) is 18.2. The third kappa shape index (κ3) is 3.98. The molecule has 0 spiro atoms. The van der Waals surface area contributed by atoms with Crippen molar-refractivity contribution in [2.75, 3.05) is 7.11 Å². The van der Waals surface area contributed by atoms with Gasteiger partial charge < -0.3 is 20.1 Å². The molecule has 0 amide bonds. The lowest BCUT2D eigenvalue weighted by molar-refractivity contribution is 0.407. The third-order valence-electron chi connectivity index (χ3n) is 6.04. The number of fused-ring (bicyclic) bond motifs is 3. The molecule has 0 aliphatic heterocycles. The van der Waals surface area contributed by atoms with E-state index in [1.807, 2.05) is 18.2 Å². The molecule has 0 saturated heterocycles. The average Bonchev–Trinajstić information content (AvgIpc) is 2.75. The van der Waals surface area contributed by atoms with Gasteiger partial charge in [-0.25, -0.2) is 0 Å². The van der Waals surface area contributed by atoms with Gasteiger partial charge in [-0.3, -0.25) is 0 Å². The van der Waals surface area contributed by atoms with Gasteiger partial charge in [0.25, 0.3) is 0 Å². The molecule has 0 atom stereocenters. The van der Waals surface area contributed by atoms with Crippen LogP contribution in [0.5, 0.6) is 23.0 Å². The van der Waals surface area contributed by atoms with Crippen LogP contribution in [0.2, 0.25) is 0 Å². The predicted molar refractivity (Wildman–Crippen MR) is 123 cm³/mol. The zero-order chi connectivity index (χ0) is 22.1. The Morgan fingerprint density at radius 1 is 0.903 bits per heavy atom. The van der Waals surface area contributed by atoms with Gasteiger partial charge >= 0.3 is 0 Å². The van der Waals surface area contributed by atoms with E-state index in [9.17, 15) is 15.3 Å². The number of allylic oxidation sites excluding steroid dienone is 2. The maximum absolute atomic E-state index is 10.8. The Kier molecular flexibility index (Phi) is 5.64. The van der Waals surface area contributed by atoms with Crippen LogP contribution in [0.25, 0.3) is 11.1 Å². The number of hydrogen-bond acceptors (Lipinski definition) is 4. The second-order valence-corrected chi connectivity index (χ2v) is 8.35. The zero-order valence-electron chi connectivity index (χ0n) is 18.2. The van der Waals surface area contributed by atoms with Crippen LogP contribution in [0.1, 0.15) is 41.7 Å². The predicted octanol–water partition coefficient (Wildman–Crippen LogP) is 5.68. The van der Waals surface area contributed by atoms with Crippen molar-refractivity contribution in [3.8, 4) is 34.1 Å². The smallest absolute Gasteiger partial charge is 0.130 e. The number of aromatic hydroxyl groups is 3. The Morgan fingerprint density at radius 3 is 2.29 bits per heavy atom. The molecule has 0 aromatic heterocycles. The van der Waals surface area contributed by atoms with Crippen LogP contribution < -0.4 is 4.74 Å². The van der Waals surface area contributed by atoms with Crippen LogP contribution in [-0.4, -0.2) is 22.4 Å². The summed E-state index contributed by atoms with van der Waals surface area (Å²) >= 11 is 0. The summed E-state index contributed by atoms with van der Waals surface area (Å²) in [5.74, 6) is 1.40. The van der Waals surface area contributed by atoms with E-state index in [1.54, 1.807) is 31.4 Å². The number of ether oxygens (including phenoxy) is 1. The molecule has 4 heteroatoms. The molecule has 0 radical (unpaired) electrons. The fraction of sp³-hybridized carbons (Fsp3) is 0.259. The van der Waals surface area contributed by atoms with Crippen LogP contribution in [0, 0.1) is 0 Å². The van der Waals surface area contributed by atoms with Crippen molar-refractivity contribution in [3.63, 3.8) is 0 Å². The lowest BCUT2D eigenvalue weighted by atomic mass is 9.78. The molecule has 3 N–H and O–H groups in total. The van der Waals surface area contributed by atoms with Crippen LogP contribution in [0.15, 0.2) is 54.1 Å². The highest BCUT2D eigenvalue weighted by Crippen LogP contribution is 2.47. The van der Waals surface area contributed by atoms with Gasteiger partial charge in [0, 0.05) is 29.2 Å². The summed E-state index contributed by atoms with van der Waals surface area (Å²) in [6, 6.07) is 12.5. The summed E-state index contributed by atoms with van der Waals surface area (Å²) in [5.41, 5.74) is 8.34. The molecular formula is C27H28O4. The minimum absolute atomic E-state index is 0.218. The first-order valence-electron chi connectivity index (χ1n) is 10.6. The molecule has 0 saturated carbocycles. The molecule has 1 aliphatic carbocycles. The lowest BCUT2D eigenvalue weighted by Crippen LogP contribution is -2.11. The van der Waals surface area contributed by atoms with Crippen molar-refractivity contribution >= 4 is 0 Å². The Bertz CT molecular complexity index is 1150. The van der Waals surface area contributed by atoms with Gasteiger partial charge in [-0.1, -0.05) is 29.8 Å². The van der Waals surface area contributed by atoms with Gasteiger partial charge in [-0.05, 0) is 73.6 Å². The van der Waals surface area contributed by atoms with Crippen molar-refractivity contribution in [1.29, 1.82) is 0 Å². The molecule has 3 aromatic rings. The van der Waals surface area contributed by atoms with E-state index in [0.717, 1.165) is 51.8 Å². The van der Waals surface area contributed by atoms with Crippen molar-refractivity contribution in [2.24, 2.45) is 0 Å². The summed E-state index contributed by atoms with van der Waals surface area (Å²) in [6.45, 7) is 4.12. The van der Waals surface area contributed by atoms with Gasteiger partial charge in [0.2, 0.25) is 0 Å². The van der Waals surface area contributed by atoms with E-state index in [0.29, 0.717) is 24.3 Å². The second-order valence-electron chi connectivity index (χ2n) is 8.35. The van der Waals surface area contributed by atoms with Gasteiger partial charge in [-0.2, -0.15) is 0 Å². The van der Waals surface area contributed by atoms with E-state index in [2.05, 4.69) is 19.9 Å². The van der Waals surface area contributed by atoms with E-state index in [4.69, 9.17) is 4.74 Å². The van der Waals surface area contributed by atoms with E-state index in [1.165, 1.54) is 5.57 Å². The molecule has 0 bridgehead atoms. The van der Waals surface area contributed by atoms with E-state index < -0.39 is 0 Å². The number of methoxy groups -OCH3 is 1. The van der Waals surface area contributed by atoms with Crippen molar-refractivity contribution in [1.82, 2.24) is 0 Å². The number of benzene rings is 3. The van der Waals surface area contributed by atoms with Crippen LogP contribution in [0.3, 0.4) is 0 Å². The third-order valence-corrected chi connectivity index (χ3v) is 6.04. The second kappa shape index (κ2) is 8.38. The Labute approximate surface area is 183 Å². The number of phenols is 3. The summed E-state index contributed by atoms with van der Waals surface area (Å²) < 4.78 is 5.67. The minimum atomic E-state index is 0.218. The molecule has 4 rings (SSSR count).